The Morgan fingerprint density at radius 1 is 1.29 bits per heavy atom. The van der Waals surface area contributed by atoms with Gasteiger partial charge in [0.1, 0.15) is 6.61 Å². The van der Waals surface area contributed by atoms with Crippen LogP contribution in [-0.4, -0.2) is 51.3 Å². The van der Waals surface area contributed by atoms with Crippen LogP contribution in [0.4, 0.5) is 0 Å². The SMILES string of the molecule is COc1ccccc1OCCN(C)C1CNC1. The number of methoxy groups -OCH3 is 1. The summed E-state index contributed by atoms with van der Waals surface area (Å²) >= 11 is 0. The summed E-state index contributed by atoms with van der Waals surface area (Å²) in [6.07, 6.45) is 0. The van der Waals surface area contributed by atoms with E-state index in [0.29, 0.717) is 12.6 Å². The largest absolute Gasteiger partial charge is 0.493 e. The van der Waals surface area contributed by atoms with E-state index in [9.17, 15) is 0 Å². The molecule has 0 bridgehead atoms. The summed E-state index contributed by atoms with van der Waals surface area (Å²) in [5, 5.41) is 3.27. The molecule has 17 heavy (non-hydrogen) atoms. The summed E-state index contributed by atoms with van der Waals surface area (Å²) in [5.41, 5.74) is 0. The molecule has 0 radical (unpaired) electrons. The van der Waals surface area contributed by atoms with Gasteiger partial charge in [0, 0.05) is 25.7 Å². The second-order valence-corrected chi connectivity index (χ2v) is 4.29. The number of benzene rings is 1. The lowest BCUT2D eigenvalue weighted by atomic mass is 10.1. The molecule has 0 unspecified atom stereocenters. The molecule has 1 N–H and O–H groups in total. The third-order valence-corrected chi connectivity index (χ3v) is 3.15. The van der Waals surface area contributed by atoms with Gasteiger partial charge in [-0.2, -0.15) is 0 Å². The fraction of sp³-hybridized carbons (Fsp3) is 0.538. The molecule has 94 valence electrons. The zero-order valence-corrected chi connectivity index (χ0v) is 10.5. The average molecular weight is 236 g/mol. The first-order valence-corrected chi connectivity index (χ1v) is 5.98. The molecule has 1 heterocycles. The van der Waals surface area contributed by atoms with Gasteiger partial charge in [0.15, 0.2) is 11.5 Å². The fourth-order valence-corrected chi connectivity index (χ4v) is 1.81. The molecule has 1 aliphatic rings. The van der Waals surface area contributed by atoms with E-state index >= 15 is 0 Å². The number of hydrogen-bond acceptors (Lipinski definition) is 4. The quantitative estimate of drug-likeness (QED) is 0.798. The molecule has 0 amide bonds. The van der Waals surface area contributed by atoms with Crippen molar-refractivity contribution in [2.45, 2.75) is 6.04 Å². The van der Waals surface area contributed by atoms with Gasteiger partial charge in [-0.1, -0.05) is 12.1 Å². The lowest BCUT2D eigenvalue weighted by Gasteiger charge is -2.35. The molecule has 0 saturated carbocycles. The fourth-order valence-electron chi connectivity index (χ4n) is 1.81. The Hall–Kier alpha value is -1.26. The monoisotopic (exact) mass is 236 g/mol. The molecule has 0 aromatic heterocycles. The van der Waals surface area contributed by atoms with Crippen LogP contribution in [0.5, 0.6) is 11.5 Å². The third kappa shape index (κ3) is 3.11. The van der Waals surface area contributed by atoms with E-state index in [2.05, 4.69) is 17.3 Å². The van der Waals surface area contributed by atoms with E-state index in [1.54, 1.807) is 7.11 Å². The number of rotatable bonds is 6. The molecule has 1 aromatic carbocycles. The number of nitrogens with one attached hydrogen (secondary N) is 1. The van der Waals surface area contributed by atoms with E-state index < -0.39 is 0 Å². The lowest BCUT2D eigenvalue weighted by Crippen LogP contribution is -2.56. The van der Waals surface area contributed by atoms with E-state index in [-0.39, 0.29) is 0 Å². The van der Waals surface area contributed by atoms with Gasteiger partial charge >= 0.3 is 0 Å². The normalized spacial score (nSPS) is 15.7. The van der Waals surface area contributed by atoms with Crippen molar-refractivity contribution >= 4 is 0 Å². The summed E-state index contributed by atoms with van der Waals surface area (Å²) in [5.74, 6) is 1.61. The second kappa shape index (κ2) is 5.89. The Morgan fingerprint density at radius 3 is 2.59 bits per heavy atom. The van der Waals surface area contributed by atoms with Crippen LogP contribution in [-0.2, 0) is 0 Å². The molecule has 4 heteroatoms. The molecular weight excluding hydrogens is 216 g/mol. The van der Waals surface area contributed by atoms with E-state index in [1.807, 2.05) is 24.3 Å². The summed E-state index contributed by atoms with van der Waals surface area (Å²) in [6, 6.07) is 8.41. The van der Waals surface area contributed by atoms with Crippen molar-refractivity contribution in [2.24, 2.45) is 0 Å². The van der Waals surface area contributed by atoms with Gasteiger partial charge in [-0.05, 0) is 19.2 Å². The molecule has 0 atom stereocenters. The summed E-state index contributed by atoms with van der Waals surface area (Å²) in [7, 11) is 3.80. The van der Waals surface area contributed by atoms with E-state index in [4.69, 9.17) is 9.47 Å². The van der Waals surface area contributed by atoms with Crippen LogP contribution in [0.15, 0.2) is 24.3 Å². The minimum absolute atomic E-state index is 0.663. The maximum atomic E-state index is 5.73. The van der Waals surface area contributed by atoms with Gasteiger partial charge in [-0.3, -0.25) is 4.90 Å². The van der Waals surface area contributed by atoms with E-state index in [0.717, 1.165) is 31.1 Å². The van der Waals surface area contributed by atoms with Crippen molar-refractivity contribution in [3.63, 3.8) is 0 Å². The van der Waals surface area contributed by atoms with Crippen molar-refractivity contribution < 1.29 is 9.47 Å². The second-order valence-electron chi connectivity index (χ2n) is 4.29. The maximum Gasteiger partial charge on any atom is 0.161 e. The zero-order chi connectivity index (χ0) is 12.1. The Bertz CT molecular complexity index is 353. The number of ether oxygens (including phenoxy) is 2. The van der Waals surface area contributed by atoms with Crippen molar-refractivity contribution in [1.29, 1.82) is 0 Å². The Kier molecular flexibility index (Phi) is 4.23. The Labute approximate surface area is 103 Å². The van der Waals surface area contributed by atoms with Crippen LogP contribution >= 0.6 is 0 Å². The number of nitrogens with zero attached hydrogens (tertiary/aromatic N) is 1. The molecule has 1 aromatic rings. The van der Waals surface area contributed by atoms with Gasteiger partial charge in [-0.15, -0.1) is 0 Å². The van der Waals surface area contributed by atoms with Crippen LogP contribution in [0.1, 0.15) is 0 Å². The Balaban J connectivity index is 1.77. The minimum Gasteiger partial charge on any atom is -0.493 e. The van der Waals surface area contributed by atoms with Crippen molar-refractivity contribution in [3.05, 3.63) is 24.3 Å². The maximum absolute atomic E-state index is 5.73. The lowest BCUT2D eigenvalue weighted by molar-refractivity contribution is 0.150. The highest BCUT2D eigenvalue weighted by molar-refractivity contribution is 5.39. The Morgan fingerprint density at radius 2 is 2.00 bits per heavy atom. The van der Waals surface area contributed by atoms with Gasteiger partial charge in [0.05, 0.1) is 7.11 Å². The molecule has 4 nitrogen and oxygen atoms in total. The standard InChI is InChI=1S/C13H20N2O2/c1-15(11-9-14-10-11)7-8-17-13-6-4-3-5-12(13)16-2/h3-6,11,14H,7-10H2,1-2H3. The summed E-state index contributed by atoms with van der Waals surface area (Å²) in [4.78, 5) is 2.33. The van der Waals surface area contributed by atoms with E-state index in [1.165, 1.54) is 0 Å². The van der Waals surface area contributed by atoms with Crippen LogP contribution in [0.3, 0.4) is 0 Å². The zero-order valence-electron chi connectivity index (χ0n) is 10.5. The van der Waals surface area contributed by atoms with Crippen LogP contribution in [0, 0.1) is 0 Å². The predicted octanol–water partition coefficient (Wildman–Crippen LogP) is 0.978. The van der Waals surface area contributed by atoms with Crippen molar-refractivity contribution in [2.75, 3.05) is 40.4 Å². The topological polar surface area (TPSA) is 33.7 Å². The van der Waals surface area contributed by atoms with Gasteiger partial charge in [0.2, 0.25) is 0 Å². The smallest absolute Gasteiger partial charge is 0.161 e. The molecular formula is C13H20N2O2. The van der Waals surface area contributed by atoms with Crippen LogP contribution in [0.2, 0.25) is 0 Å². The van der Waals surface area contributed by atoms with Gasteiger partial charge < -0.3 is 14.8 Å². The van der Waals surface area contributed by atoms with Crippen LogP contribution in [0.25, 0.3) is 0 Å². The number of likely N-dealkylation sites (N-methyl/N-ethyl adjacent to an activating group) is 1. The minimum atomic E-state index is 0.663. The van der Waals surface area contributed by atoms with Gasteiger partial charge in [-0.25, -0.2) is 0 Å². The molecule has 0 spiro atoms. The first-order valence-electron chi connectivity index (χ1n) is 5.98. The molecule has 1 saturated heterocycles. The first-order chi connectivity index (χ1) is 8.31. The molecule has 1 aliphatic heterocycles. The highest BCUT2D eigenvalue weighted by Crippen LogP contribution is 2.25. The predicted molar refractivity (Wildman–Crippen MR) is 67.8 cm³/mol. The van der Waals surface area contributed by atoms with Crippen LogP contribution < -0.4 is 14.8 Å². The number of hydrogen-bond donors (Lipinski definition) is 1. The average Bonchev–Trinajstić information content (AvgIpc) is 2.27. The highest BCUT2D eigenvalue weighted by atomic mass is 16.5. The van der Waals surface area contributed by atoms with Gasteiger partial charge in [0.25, 0.3) is 0 Å². The molecule has 2 rings (SSSR count). The number of para-hydroxylation sites is 2. The highest BCUT2D eigenvalue weighted by Gasteiger charge is 2.20. The first kappa shape index (κ1) is 12.2. The third-order valence-electron chi connectivity index (χ3n) is 3.15. The summed E-state index contributed by atoms with van der Waals surface area (Å²) in [6.45, 7) is 3.80. The summed E-state index contributed by atoms with van der Waals surface area (Å²) < 4.78 is 11.0. The van der Waals surface area contributed by atoms with Crippen molar-refractivity contribution in [1.82, 2.24) is 10.2 Å². The molecule has 1 fully saturated rings. The van der Waals surface area contributed by atoms with Crippen molar-refractivity contribution in [3.8, 4) is 11.5 Å². The molecule has 0 aliphatic carbocycles.